The average Bonchev–Trinajstić information content (AvgIpc) is 2.75. The number of rotatable bonds is 8. The quantitative estimate of drug-likeness (QED) is 0.653. The molecule has 0 unspecified atom stereocenters. The molecule has 2 aromatic carbocycles. The molecule has 1 saturated heterocycles. The maximum absolute atomic E-state index is 12.7. The van der Waals surface area contributed by atoms with Gasteiger partial charge in [0, 0.05) is 13.1 Å². The number of ether oxygens (including phenoxy) is 1. The van der Waals surface area contributed by atoms with Gasteiger partial charge in [-0.3, -0.25) is 4.79 Å². The highest BCUT2D eigenvalue weighted by Gasteiger charge is 2.25. The molecule has 1 amide bonds. The van der Waals surface area contributed by atoms with E-state index in [0.717, 1.165) is 36.0 Å². The zero-order chi connectivity index (χ0) is 21.6. The van der Waals surface area contributed by atoms with Crippen molar-refractivity contribution in [3.05, 3.63) is 59.2 Å². The Morgan fingerprint density at radius 1 is 1.03 bits per heavy atom. The fraction of sp³-hybridized carbons (Fsp3) is 0.435. The Kier molecular flexibility index (Phi) is 7.50. The van der Waals surface area contributed by atoms with Crippen LogP contribution in [-0.2, 0) is 21.2 Å². The van der Waals surface area contributed by atoms with Crippen LogP contribution in [0.15, 0.2) is 47.4 Å². The second-order valence-corrected chi connectivity index (χ2v) is 9.68. The lowest BCUT2D eigenvalue weighted by Crippen LogP contribution is -2.35. The van der Waals surface area contributed by atoms with Crippen molar-refractivity contribution < 1.29 is 17.9 Å². The third-order valence-corrected chi connectivity index (χ3v) is 7.24. The topological polar surface area (TPSA) is 75.7 Å². The standard InChI is InChI=1S/C23H30N2O4S/c1-18-6-7-19(2)20(16-18)17-23(26)24-12-15-29-21-8-10-22(11-9-21)30(27,28)25-13-4-3-5-14-25/h6-11,16H,3-5,12-15,17H2,1-2H3,(H,24,26). The van der Waals surface area contributed by atoms with Gasteiger partial charge in [-0.25, -0.2) is 8.42 Å². The van der Waals surface area contributed by atoms with Crippen molar-refractivity contribution in [2.45, 2.75) is 44.4 Å². The van der Waals surface area contributed by atoms with Crippen LogP contribution in [0.2, 0.25) is 0 Å². The van der Waals surface area contributed by atoms with Gasteiger partial charge in [0.05, 0.1) is 17.9 Å². The minimum absolute atomic E-state index is 0.0460. The second kappa shape index (κ2) is 10.1. The number of nitrogens with one attached hydrogen (secondary N) is 1. The van der Waals surface area contributed by atoms with E-state index < -0.39 is 10.0 Å². The zero-order valence-electron chi connectivity index (χ0n) is 17.7. The van der Waals surface area contributed by atoms with Gasteiger partial charge in [-0.15, -0.1) is 0 Å². The van der Waals surface area contributed by atoms with Gasteiger partial charge in [0.15, 0.2) is 0 Å². The van der Waals surface area contributed by atoms with Crippen molar-refractivity contribution in [3.63, 3.8) is 0 Å². The third kappa shape index (κ3) is 5.83. The molecule has 2 aromatic rings. The van der Waals surface area contributed by atoms with E-state index in [2.05, 4.69) is 5.32 Å². The second-order valence-electron chi connectivity index (χ2n) is 7.74. The molecule has 0 aromatic heterocycles. The summed E-state index contributed by atoms with van der Waals surface area (Å²) >= 11 is 0. The third-order valence-electron chi connectivity index (χ3n) is 5.33. The van der Waals surface area contributed by atoms with Gasteiger partial charge in [0.2, 0.25) is 15.9 Å². The van der Waals surface area contributed by atoms with E-state index in [9.17, 15) is 13.2 Å². The monoisotopic (exact) mass is 430 g/mol. The van der Waals surface area contributed by atoms with Gasteiger partial charge < -0.3 is 10.1 Å². The molecule has 162 valence electrons. The summed E-state index contributed by atoms with van der Waals surface area (Å²) in [6.07, 6.45) is 3.25. The van der Waals surface area contributed by atoms with Crippen LogP contribution < -0.4 is 10.1 Å². The molecule has 1 N–H and O–H groups in total. The molecule has 0 atom stereocenters. The van der Waals surface area contributed by atoms with E-state index in [1.54, 1.807) is 28.6 Å². The molecule has 1 aliphatic heterocycles. The van der Waals surface area contributed by atoms with Gasteiger partial charge >= 0.3 is 0 Å². The lowest BCUT2D eigenvalue weighted by molar-refractivity contribution is -0.120. The predicted molar refractivity (Wildman–Crippen MR) is 117 cm³/mol. The Morgan fingerprint density at radius 2 is 1.73 bits per heavy atom. The molecule has 0 aliphatic carbocycles. The molecule has 0 radical (unpaired) electrons. The number of hydrogen-bond acceptors (Lipinski definition) is 4. The van der Waals surface area contributed by atoms with E-state index in [1.807, 2.05) is 32.0 Å². The minimum Gasteiger partial charge on any atom is -0.492 e. The molecule has 30 heavy (non-hydrogen) atoms. The summed E-state index contributed by atoms with van der Waals surface area (Å²) in [4.78, 5) is 12.4. The van der Waals surface area contributed by atoms with Crippen LogP contribution in [0, 0.1) is 13.8 Å². The molecule has 3 rings (SSSR count). The van der Waals surface area contributed by atoms with Crippen molar-refractivity contribution in [3.8, 4) is 5.75 Å². The Labute approximate surface area is 179 Å². The molecule has 0 saturated carbocycles. The molecule has 1 heterocycles. The van der Waals surface area contributed by atoms with E-state index in [-0.39, 0.29) is 5.91 Å². The highest BCUT2D eigenvalue weighted by atomic mass is 32.2. The van der Waals surface area contributed by atoms with E-state index in [4.69, 9.17) is 4.74 Å². The van der Waals surface area contributed by atoms with E-state index in [0.29, 0.717) is 43.3 Å². The molecule has 0 bridgehead atoms. The van der Waals surface area contributed by atoms with E-state index >= 15 is 0 Å². The number of piperidine rings is 1. The van der Waals surface area contributed by atoms with Gasteiger partial charge in [0.25, 0.3) is 0 Å². The summed E-state index contributed by atoms with van der Waals surface area (Å²) in [5, 5.41) is 2.86. The number of amides is 1. The predicted octanol–water partition coefficient (Wildman–Crippen LogP) is 3.22. The van der Waals surface area contributed by atoms with Crippen molar-refractivity contribution in [2.24, 2.45) is 0 Å². The number of carbonyl (C=O) groups excluding carboxylic acids is 1. The summed E-state index contributed by atoms with van der Waals surface area (Å²) in [6, 6.07) is 12.6. The lowest BCUT2D eigenvalue weighted by Gasteiger charge is -2.25. The smallest absolute Gasteiger partial charge is 0.243 e. The molecule has 0 spiro atoms. The number of benzene rings is 2. The summed E-state index contributed by atoms with van der Waals surface area (Å²) < 4.78 is 32.5. The Balaban J connectivity index is 1.45. The first-order chi connectivity index (χ1) is 14.4. The highest BCUT2D eigenvalue weighted by molar-refractivity contribution is 7.89. The summed E-state index contributed by atoms with van der Waals surface area (Å²) in [6.45, 7) is 5.89. The summed E-state index contributed by atoms with van der Waals surface area (Å²) in [5.41, 5.74) is 3.27. The number of nitrogens with zero attached hydrogens (tertiary/aromatic N) is 1. The van der Waals surface area contributed by atoms with Crippen molar-refractivity contribution >= 4 is 15.9 Å². The summed E-state index contributed by atoms with van der Waals surface area (Å²) in [5.74, 6) is 0.534. The van der Waals surface area contributed by atoms with Crippen LogP contribution in [0.3, 0.4) is 0 Å². The van der Waals surface area contributed by atoms with E-state index in [1.165, 1.54) is 0 Å². The normalized spacial score (nSPS) is 15.0. The van der Waals surface area contributed by atoms with Crippen LogP contribution in [0.1, 0.15) is 36.0 Å². The highest BCUT2D eigenvalue weighted by Crippen LogP contribution is 2.22. The van der Waals surface area contributed by atoms with Gasteiger partial charge in [0.1, 0.15) is 12.4 Å². The SMILES string of the molecule is Cc1ccc(C)c(CC(=O)NCCOc2ccc(S(=O)(=O)N3CCCCC3)cc2)c1. The Morgan fingerprint density at radius 3 is 2.43 bits per heavy atom. The van der Waals surface area contributed by atoms with Crippen molar-refractivity contribution in [1.82, 2.24) is 9.62 Å². The number of carbonyl (C=O) groups is 1. The maximum atomic E-state index is 12.7. The Bertz CT molecular complexity index is 965. The van der Waals surface area contributed by atoms with Crippen molar-refractivity contribution in [1.29, 1.82) is 0 Å². The molecule has 7 heteroatoms. The fourth-order valence-corrected chi connectivity index (χ4v) is 5.06. The van der Waals surface area contributed by atoms with Gasteiger partial charge in [-0.05, 0) is 62.1 Å². The van der Waals surface area contributed by atoms with Gasteiger partial charge in [-0.1, -0.05) is 30.2 Å². The lowest BCUT2D eigenvalue weighted by atomic mass is 10.0. The van der Waals surface area contributed by atoms with Crippen LogP contribution in [0.5, 0.6) is 5.75 Å². The first kappa shape index (κ1) is 22.3. The molecular weight excluding hydrogens is 400 g/mol. The van der Waals surface area contributed by atoms with Gasteiger partial charge in [-0.2, -0.15) is 4.31 Å². The van der Waals surface area contributed by atoms with Crippen LogP contribution >= 0.6 is 0 Å². The summed E-state index contributed by atoms with van der Waals surface area (Å²) in [7, 11) is -3.43. The molecule has 1 aliphatic rings. The minimum atomic E-state index is -3.43. The largest absolute Gasteiger partial charge is 0.492 e. The first-order valence-electron chi connectivity index (χ1n) is 10.4. The molecule has 6 nitrogen and oxygen atoms in total. The van der Waals surface area contributed by atoms with Crippen molar-refractivity contribution in [2.75, 3.05) is 26.2 Å². The average molecular weight is 431 g/mol. The van der Waals surface area contributed by atoms with Crippen LogP contribution in [-0.4, -0.2) is 44.9 Å². The number of aryl methyl sites for hydroxylation is 2. The maximum Gasteiger partial charge on any atom is 0.243 e. The van der Waals surface area contributed by atoms with Crippen LogP contribution in [0.25, 0.3) is 0 Å². The molecule has 1 fully saturated rings. The number of sulfonamides is 1. The van der Waals surface area contributed by atoms with Crippen LogP contribution in [0.4, 0.5) is 0 Å². The first-order valence-corrected chi connectivity index (χ1v) is 11.9. The molecular formula is C23H30N2O4S. The fourth-order valence-electron chi connectivity index (χ4n) is 3.55. The number of hydrogen-bond donors (Lipinski definition) is 1. The Hall–Kier alpha value is -2.38. The zero-order valence-corrected chi connectivity index (χ0v) is 18.5.